The molecule has 3 atom stereocenters. The first-order valence-corrected chi connectivity index (χ1v) is 14.5. The van der Waals surface area contributed by atoms with Crippen LogP contribution in [0, 0.1) is 17.3 Å². The monoisotopic (exact) mass is 629 g/mol. The van der Waals surface area contributed by atoms with Gasteiger partial charge in [-0.2, -0.15) is 5.26 Å². The standard InChI is InChI=1S/C25H24F9N5O2S/c26-16-9-15(11-36-12-16)22(23(40)37-18-5-7-25(28,29)8-6-18)39(24(41)21-10-17(27)13-38(21)14-35)19-1-3-20(4-2-19)42(30,31,32,33)34/h1-4,9,11-12,17-18,21-22H,5-8,10,13H2,(H,37,40). The number of hydrogen-bond donors (Lipinski definition) is 1. The Kier molecular flexibility index (Phi) is 7.63. The average molecular weight is 630 g/mol. The molecule has 17 heteroatoms. The van der Waals surface area contributed by atoms with E-state index in [-0.39, 0.29) is 30.5 Å². The smallest absolute Gasteiger partial charge is 0.310 e. The SMILES string of the molecule is N#CN1CC(F)CC1C(=O)N(c1ccc(S(F)(F)(F)(F)F)cc1)C(C(=O)NC1CCC(F)(F)CC1)c1cncc(F)c1. The van der Waals surface area contributed by atoms with E-state index in [0.29, 0.717) is 17.0 Å². The van der Waals surface area contributed by atoms with Crippen molar-refractivity contribution in [3.8, 4) is 6.19 Å². The normalized spacial score (nSPS) is 23.3. The lowest BCUT2D eigenvalue weighted by Gasteiger charge is -2.41. The Labute approximate surface area is 234 Å². The number of nitrogens with zero attached hydrogens (tertiary/aromatic N) is 4. The molecule has 1 aliphatic heterocycles. The van der Waals surface area contributed by atoms with Crippen molar-refractivity contribution < 1.29 is 46.6 Å². The highest BCUT2D eigenvalue weighted by Gasteiger charge is 2.65. The Morgan fingerprint density at radius 2 is 1.71 bits per heavy atom. The minimum Gasteiger partial charge on any atom is -0.351 e. The largest absolute Gasteiger partial charge is 0.351 e. The van der Waals surface area contributed by atoms with Crippen LogP contribution in [0.1, 0.15) is 43.7 Å². The summed E-state index contributed by atoms with van der Waals surface area (Å²) in [5.41, 5.74) is -0.873. The number of likely N-dealkylation sites (tertiary alicyclic amines) is 1. The molecule has 2 heterocycles. The number of pyridine rings is 1. The minimum atomic E-state index is -10.2. The number of benzene rings is 1. The van der Waals surface area contributed by atoms with Crippen molar-refractivity contribution >= 4 is 27.7 Å². The van der Waals surface area contributed by atoms with E-state index >= 15 is 0 Å². The van der Waals surface area contributed by atoms with E-state index in [0.717, 1.165) is 23.4 Å². The van der Waals surface area contributed by atoms with E-state index in [1.54, 1.807) is 6.19 Å². The van der Waals surface area contributed by atoms with E-state index < -0.39 is 94.5 Å². The zero-order valence-electron chi connectivity index (χ0n) is 21.5. The van der Waals surface area contributed by atoms with Gasteiger partial charge in [0.25, 0.3) is 5.91 Å². The summed E-state index contributed by atoms with van der Waals surface area (Å²) >= 11 is 0. The summed E-state index contributed by atoms with van der Waals surface area (Å²) in [6, 6.07) is -2.59. The highest BCUT2D eigenvalue weighted by molar-refractivity contribution is 8.45. The number of nitriles is 1. The number of rotatable bonds is 7. The van der Waals surface area contributed by atoms with Gasteiger partial charge in [0.1, 0.15) is 29.0 Å². The summed E-state index contributed by atoms with van der Waals surface area (Å²) in [5.74, 6) is -6.22. The molecule has 2 aromatic rings. The van der Waals surface area contributed by atoms with Gasteiger partial charge in [0.05, 0.1) is 12.7 Å². The van der Waals surface area contributed by atoms with Crippen molar-refractivity contribution in [2.45, 2.75) is 67.2 Å². The molecule has 2 aliphatic rings. The number of nitrogens with one attached hydrogen (secondary N) is 1. The number of hydrogen-bond acceptors (Lipinski definition) is 5. The molecular formula is C25H24F9N5O2S. The van der Waals surface area contributed by atoms with Crippen LogP contribution < -0.4 is 10.2 Å². The summed E-state index contributed by atoms with van der Waals surface area (Å²) in [6.45, 7) is -0.515. The van der Waals surface area contributed by atoms with Gasteiger partial charge in [0.2, 0.25) is 11.8 Å². The quantitative estimate of drug-likeness (QED) is 0.278. The maximum atomic E-state index is 14.3. The van der Waals surface area contributed by atoms with E-state index in [2.05, 4.69) is 10.3 Å². The first kappa shape index (κ1) is 31.3. The molecule has 0 radical (unpaired) electrons. The Bertz CT molecular complexity index is 1390. The highest BCUT2D eigenvalue weighted by Crippen LogP contribution is 3.02. The molecular weight excluding hydrogens is 605 g/mol. The van der Waals surface area contributed by atoms with Crippen LogP contribution in [0.4, 0.5) is 42.7 Å². The number of amides is 2. The zero-order valence-corrected chi connectivity index (χ0v) is 22.3. The molecule has 42 heavy (non-hydrogen) atoms. The second-order valence-corrected chi connectivity index (χ2v) is 12.7. The van der Waals surface area contributed by atoms with Gasteiger partial charge >= 0.3 is 10.2 Å². The fraction of sp³-hybridized carbons (Fsp3) is 0.440. The predicted molar refractivity (Wildman–Crippen MR) is 133 cm³/mol. The number of anilines is 1. The topological polar surface area (TPSA) is 89.3 Å². The van der Waals surface area contributed by atoms with E-state index in [4.69, 9.17) is 0 Å². The van der Waals surface area contributed by atoms with Crippen molar-refractivity contribution in [1.29, 1.82) is 5.26 Å². The fourth-order valence-corrected chi connectivity index (χ4v) is 5.67. The van der Waals surface area contributed by atoms with Gasteiger partial charge in [-0.1, -0.05) is 19.4 Å². The molecule has 1 saturated heterocycles. The van der Waals surface area contributed by atoms with Crippen LogP contribution in [0.5, 0.6) is 0 Å². The lowest BCUT2D eigenvalue weighted by atomic mass is 9.91. The van der Waals surface area contributed by atoms with Crippen molar-refractivity contribution in [1.82, 2.24) is 15.2 Å². The summed E-state index contributed by atoms with van der Waals surface area (Å²) in [5, 5.41) is 11.9. The molecule has 1 aromatic heterocycles. The summed E-state index contributed by atoms with van der Waals surface area (Å²) in [4.78, 5) is 30.2. The zero-order chi connectivity index (χ0) is 31.2. The van der Waals surface area contributed by atoms with Crippen LogP contribution >= 0.6 is 10.2 Å². The lowest BCUT2D eigenvalue weighted by Crippen LogP contribution is -2.52. The maximum absolute atomic E-state index is 14.3. The third kappa shape index (κ3) is 7.02. The molecule has 1 N–H and O–H groups in total. The second-order valence-electron chi connectivity index (χ2n) is 10.3. The van der Waals surface area contributed by atoms with E-state index in [1.165, 1.54) is 0 Å². The molecule has 7 nitrogen and oxygen atoms in total. The van der Waals surface area contributed by atoms with Crippen LogP contribution in [0.15, 0.2) is 47.6 Å². The number of alkyl halides is 3. The second kappa shape index (κ2) is 10.2. The average Bonchev–Trinajstić information content (AvgIpc) is 3.27. The lowest BCUT2D eigenvalue weighted by molar-refractivity contribution is -0.129. The van der Waals surface area contributed by atoms with Crippen molar-refractivity contribution in [2.75, 3.05) is 11.4 Å². The predicted octanol–water partition coefficient (Wildman–Crippen LogP) is 6.54. The Morgan fingerprint density at radius 1 is 1.10 bits per heavy atom. The fourth-order valence-electron chi connectivity index (χ4n) is 5.02. The van der Waals surface area contributed by atoms with Gasteiger partial charge in [-0.3, -0.25) is 24.4 Å². The Hall–Kier alpha value is -3.68. The number of aromatic nitrogens is 1. The molecule has 2 amide bonds. The highest BCUT2D eigenvalue weighted by atomic mass is 32.5. The van der Waals surface area contributed by atoms with Gasteiger partial charge in [0.15, 0.2) is 6.19 Å². The van der Waals surface area contributed by atoms with Gasteiger partial charge in [-0.05, 0) is 43.2 Å². The van der Waals surface area contributed by atoms with Crippen LogP contribution in [0.25, 0.3) is 0 Å². The first-order chi connectivity index (χ1) is 19.3. The molecule has 2 fully saturated rings. The van der Waals surface area contributed by atoms with Crippen LogP contribution in [0.2, 0.25) is 0 Å². The minimum absolute atomic E-state index is 0.00610. The molecule has 4 rings (SSSR count). The third-order valence-corrected chi connectivity index (χ3v) is 8.24. The summed E-state index contributed by atoms with van der Waals surface area (Å²) in [6.07, 6.45) is -0.391. The van der Waals surface area contributed by atoms with Crippen LogP contribution in [0.3, 0.4) is 0 Å². The maximum Gasteiger partial charge on any atom is 0.310 e. The van der Waals surface area contributed by atoms with Gasteiger partial charge < -0.3 is 5.32 Å². The summed E-state index contributed by atoms with van der Waals surface area (Å²) < 4.78 is 123. The molecule has 1 saturated carbocycles. The van der Waals surface area contributed by atoms with Crippen molar-refractivity contribution in [3.05, 3.63) is 54.1 Å². The van der Waals surface area contributed by atoms with Gasteiger partial charge in [0, 0.05) is 42.8 Å². The summed E-state index contributed by atoms with van der Waals surface area (Å²) in [7, 11) is -10.2. The van der Waals surface area contributed by atoms with Gasteiger partial charge in [-0.25, -0.2) is 17.6 Å². The molecule has 0 spiro atoms. The Balaban J connectivity index is 1.82. The van der Waals surface area contributed by atoms with E-state index in [9.17, 15) is 51.8 Å². The number of halogens is 9. The van der Waals surface area contributed by atoms with Crippen LogP contribution in [-0.4, -0.2) is 52.4 Å². The first-order valence-electron chi connectivity index (χ1n) is 12.5. The number of carbonyl (C=O) groups excluding carboxylic acids is 2. The third-order valence-electron chi connectivity index (χ3n) is 7.07. The molecule has 230 valence electrons. The van der Waals surface area contributed by atoms with Crippen molar-refractivity contribution in [2.24, 2.45) is 0 Å². The number of carbonyl (C=O) groups is 2. The van der Waals surface area contributed by atoms with Gasteiger partial charge in [-0.15, -0.1) is 0 Å². The molecule has 3 unspecified atom stereocenters. The van der Waals surface area contributed by atoms with Crippen molar-refractivity contribution in [3.63, 3.8) is 0 Å². The molecule has 0 bridgehead atoms. The van der Waals surface area contributed by atoms with Crippen LogP contribution in [-0.2, 0) is 9.59 Å². The molecule has 1 aliphatic carbocycles. The molecule has 1 aromatic carbocycles. The van der Waals surface area contributed by atoms with E-state index in [1.807, 2.05) is 0 Å². The Morgan fingerprint density at radius 3 is 2.26 bits per heavy atom.